The van der Waals surface area contributed by atoms with Crippen molar-refractivity contribution in [3.63, 3.8) is 0 Å². The van der Waals surface area contributed by atoms with E-state index in [4.69, 9.17) is 18.0 Å². The number of hydrogen-bond acceptors (Lipinski definition) is 3. The summed E-state index contributed by atoms with van der Waals surface area (Å²) in [6.45, 7) is 4.55. The molecule has 0 amide bonds. The zero-order valence-electron chi connectivity index (χ0n) is 11.4. The van der Waals surface area contributed by atoms with E-state index in [-0.39, 0.29) is 0 Å². The highest BCUT2D eigenvalue weighted by molar-refractivity contribution is 7.80. The van der Waals surface area contributed by atoms with Crippen molar-refractivity contribution in [2.24, 2.45) is 5.73 Å². The topological polar surface area (TPSA) is 41.3 Å². The molecule has 0 radical (unpaired) electrons. The average molecular weight is 275 g/mol. The van der Waals surface area contributed by atoms with Gasteiger partial charge in [-0.1, -0.05) is 23.8 Å². The van der Waals surface area contributed by atoms with Crippen LogP contribution in [0.2, 0.25) is 0 Å². The number of fused-ring (bicyclic) bond motifs is 1. The van der Waals surface area contributed by atoms with E-state index in [1.807, 2.05) is 0 Å². The van der Waals surface area contributed by atoms with Crippen molar-refractivity contribution in [3.05, 3.63) is 29.3 Å². The van der Waals surface area contributed by atoms with Gasteiger partial charge >= 0.3 is 0 Å². The van der Waals surface area contributed by atoms with E-state index in [2.05, 4.69) is 35.3 Å². The summed E-state index contributed by atoms with van der Waals surface area (Å²) in [4.78, 5) is 3.08. The third-order valence-corrected chi connectivity index (χ3v) is 4.61. The average Bonchev–Trinajstić information content (AvgIpc) is 2.96. The maximum Gasteiger partial charge on any atom is 0.106 e. The van der Waals surface area contributed by atoms with Crippen LogP contribution in [0.5, 0.6) is 0 Å². The fourth-order valence-electron chi connectivity index (χ4n) is 3.44. The molecule has 3 N–H and O–H groups in total. The fraction of sp³-hybridized carbons (Fsp3) is 0.533. The minimum Gasteiger partial charge on any atom is -0.389 e. The van der Waals surface area contributed by atoms with E-state index in [9.17, 15) is 0 Å². The van der Waals surface area contributed by atoms with Gasteiger partial charge < -0.3 is 11.1 Å². The molecular formula is C15H21N3S. The highest BCUT2D eigenvalue weighted by Gasteiger charge is 2.37. The van der Waals surface area contributed by atoms with Crippen LogP contribution in [-0.2, 0) is 0 Å². The Morgan fingerprint density at radius 2 is 2.21 bits per heavy atom. The van der Waals surface area contributed by atoms with Crippen molar-refractivity contribution in [2.45, 2.75) is 38.3 Å². The summed E-state index contributed by atoms with van der Waals surface area (Å²) in [7, 11) is 0. The smallest absolute Gasteiger partial charge is 0.106 e. The molecular weight excluding hydrogens is 254 g/mol. The number of hydrogen-bond donors (Lipinski definition) is 2. The van der Waals surface area contributed by atoms with Crippen LogP contribution >= 0.6 is 12.2 Å². The van der Waals surface area contributed by atoms with Crippen LogP contribution in [0.3, 0.4) is 0 Å². The highest BCUT2D eigenvalue weighted by Crippen LogP contribution is 2.31. The van der Waals surface area contributed by atoms with Crippen molar-refractivity contribution in [1.29, 1.82) is 0 Å². The van der Waals surface area contributed by atoms with E-state index in [1.54, 1.807) is 0 Å². The Kier molecular flexibility index (Phi) is 3.46. The predicted octanol–water partition coefficient (Wildman–Crippen LogP) is 2.28. The third-order valence-electron chi connectivity index (χ3n) is 4.39. The molecule has 0 aromatic heterocycles. The number of aryl methyl sites for hydroxylation is 1. The van der Waals surface area contributed by atoms with Crippen molar-refractivity contribution < 1.29 is 0 Å². The second-order valence-electron chi connectivity index (χ2n) is 5.70. The molecule has 0 spiro atoms. The molecule has 0 saturated carbocycles. The Bertz CT molecular complexity index is 500. The van der Waals surface area contributed by atoms with Crippen molar-refractivity contribution in [2.75, 3.05) is 18.4 Å². The summed E-state index contributed by atoms with van der Waals surface area (Å²) in [5.41, 5.74) is 9.11. The number of thiocarbonyl (C=S) groups is 1. The predicted molar refractivity (Wildman–Crippen MR) is 83.7 cm³/mol. The molecule has 3 nitrogen and oxygen atoms in total. The van der Waals surface area contributed by atoms with Gasteiger partial charge in [-0.15, -0.1) is 0 Å². The maximum atomic E-state index is 5.85. The molecule has 2 heterocycles. The van der Waals surface area contributed by atoms with E-state index >= 15 is 0 Å². The molecule has 1 aromatic rings. The van der Waals surface area contributed by atoms with Crippen LogP contribution in [0, 0.1) is 6.92 Å². The van der Waals surface area contributed by atoms with Gasteiger partial charge in [-0.2, -0.15) is 0 Å². The van der Waals surface area contributed by atoms with Gasteiger partial charge in [-0.3, -0.25) is 4.90 Å². The van der Waals surface area contributed by atoms with Crippen LogP contribution < -0.4 is 11.1 Å². The van der Waals surface area contributed by atoms with Crippen molar-refractivity contribution in [1.82, 2.24) is 4.90 Å². The van der Waals surface area contributed by atoms with E-state index in [1.165, 1.54) is 37.9 Å². The zero-order chi connectivity index (χ0) is 13.4. The van der Waals surface area contributed by atoms with Gasteiger partial charge in [-0.25, -0.2) is 0 Å². The number of nitrogens with zero attached hydrogens (tertiary/aromatic N) is 1. The third kappa shape index (κ3) is 2.47. The maximum absolute atomic E-state index is 5.85. The Morgan fingerprint density at radius 3 is 3.00 bits per heavy atom. The van der Waals surface area contributed by atoms with Gasteiger partial charge in [0.2, 0.25) is 0 Å². The molecule has 4 heteroatoms. The van der Waals surface area contributed by atoms with E-state index in [0.717, 1.165) is 11.3 Å². The minimum atomic E-state index is 0.479. The molecule has 1 aromatic carbocycles. The molecule has 2 saturated heterocycles. The molecule has 19 heavy (non-hydrogen) atoms. The van der Waals surface area contributed by atoms with Crippen LogP contribution in [0.1, 0.15) is 30.4 Å². The van der Waals surface area contributed by atoms with Gasteiger partial charge in [0, 0.05) is 29.9 Å². The summed E-state index contributed by atoms with van der Waals surface area (Å²) in [6.07, 6.45) is 3.86. The standard InChI is InChI=1S/C15H21N3S/c1-10-4-5-12(11(9-10)15(16)19)17-13-6-8-18-7-2-3-14(13)18/h4-5,9,13-14,17H,2-3,6-8H2,1H3,(H2,16,19). The van der Waals surface area contributed by atoms with Gasteiger partial charge in [0.15, 0.2) is 0 Å². The lowest BCUT2D eigenvalue weighted by atomic mass is 10.0. The van der Waals surface area contributed by atoms with Crippen molar-refractivity contribution >= 4 is 22.9 Å². The summed E-state index contributed by atoms with van der Waals surface area (Å²) < 4.78 is 0. The van der Waals surface area contributed by atoms with Crippen LogP contribution in [0.25, 0.3) is 0 Å². The largest absolute Gasteiger partial charge is 0.389 e. The molecule has 2 unspecified atom stereocenters. The first-order chi connectivity index (χ1) is 9.15. The number of nitrogens with one attached hydrogen (secondary N) is 1. The minimum absolute atomic E-state index is 0.479. The summed E-state index contributed by atoms with van der Waals surface area (Å²) in [5, 5.41) is 3.68. The number of rotatable bonds is 3. The lowest BCUT2D eigenvalue weighted by molar-refractivity contribution is 0.318. The first-order valence-electron chi connectivity index (χ1n) is 7.06. The second kappa shape index (κ2) is 5.10. The van der Waals surface area contributed by atoms with Gasteiger partial charge in [0.25, 0.3) is 0 Å². The Hall–Kier alpha value is -1.13. The Morgan fingerprint density at radius 1 is 1.37 bits per heavy atom. The zero-order valence-corrected chi connectivity index (χ0v) is 12.2. The van der Waals surface area contributed by atoms with E-state index < -0.39 is 0 Å². The van der Waals surface area contributed by atoms with Gasteiger partial charge in [0.05, 0.1) is 0 Å². The monoisotopic (exact) mass is 275 g/mol. The first kappa shape index (κ1) is 12.9. The highest BCUT2D eigenvalue weighted by atomic mass is 32.1. The Balaban J connectivity index is 1.81. The van der Waals surface area contributed by atoms with Crippen LogP contribution in [-0.4, -0.2) is 35.1 Å². The molecule has 2 aliphatic heterocycles. The van der Waals surface area contributed by atoms with Crippen LogP contribution in [0.4, 0.5) is 5.69 Å². The summed E-state index contributed by atoms with van der Waals surface area (Å²) in [6, 6.07) is 7.54. The van der Waals surface area contributed by atoms with Crippen molar-refractivity contribution in [3.8, 4) is 0 Å². The Labute approximate surface area is 120 Å². The fourth-order valence-corrected chi connectivity index (χ4v) is 3.61. The number of benzene rings is 1. The normalized spacial score (nSPS) is 26.4. The van der Waals surface area contributed by atoms with E-state index in [0.29, 0.717) is 17.1 Å². The van der Waals surface area contributed by atoms with Gasteiger partial charge in [0.1, 0.15) is 4.99 Å². The number of nitrogens with two attached hydrogens (primary N) is 1. The van der Waals surface area contributed by atoms with Crippen LogP contribution in [0.15, 0.2) is 18.2 Å². The quantitative estimate of drug-likeness (QED) is 0.831. The lowest BCUT2D eigenvalue weighted by Gasteiger charge is -2.23. The molecule has 2 fully saturated rings. The molecule has 0 aliphatic carbocycles. The summed E-state index contributed by atoms with van der Waals surface area (Å²) in [5.74, 6) is 0. The first-order valence-corrected chi connectivity index (χ1v) is 7.47. The number of anilines is 1. The molecule has 0 bridgehead atoms. The molecule has 3 rings (SSSR count). The van der Waals surface area contributed by atoms with Gasteiger partial charge in [-0.05, 0) is 44.9 Å². The SMILES string of the molecule is Cc1ccc(NC2CCN3CCCC23)c(C(N)=S)c1. The molecule has 102 valence electrons. The lowest BCUT2D eigenvalue weighted by Crippen LogP contribution is -2.34. The molecule has 2 aliphatic rings. The summed E-state index contributed by atoms with van der Waals surface area (Å²) >= 11 is 5.17. The second-order valence-corrected chi connectivity index (χ2v) is 6.14. The molecule has 2 atom stereocenters.